The molecule has 146 valence electrons. The average molecular weight is 380 g/mol. The first-order valence-electron chi connectivity index (χ1n) is 11.1. The minimum Gasteiger partial charge on any atom is -0.399 e. The van der Waals surface area contributed by atoms with Crippen molar-refractivity contribution in [2.24, 2.45) is 0 Å². The van der Waals surface area contributed by atoms with Crippen LogP contribution in [0.1, 0.15) is 51.0 Å². The van der Waals surface area contributed by atoms with E-state index in [2.05, 4.69) is 67.6 Å². The molecule has 0 heterocycles. The molecule has 0 saturated heterocycles. The van der Waals surface area contributed by atoms with Gasteiger partial charge in [-0.05, 0) is 73.6 Å². The second kappa shape index (κ2) is 7.55. The van der Waals surface area contributed by atoms with E-state index < -0.39 is 0 Å². The molecule has 0 bridgehead atoms. The van der Waals surface area contributed by atoms with Gasteiger partial charge in [-0.1, -0.05) is 87.6 Å². The summed E-state index contributed by atoms with van der Waals surface area (Å²) in [5.74, 6) is 0. The Bertz CT molecular complexity index is 1300. The Morgan fingerprint density at radius 3 is 1.97 bits per heavy atom. The molecule has 5 rings (SSSR count). The molecule has 0 fully saturated rings. The molecule has 0 aromatic heterocycles. The van der Waals surface area contributed by atoms with Crippen LogP contribution in [0.5, 0.6) is 0 Å². The summed E-state index contributed by atoms with van der Waals surface area (Å²) in [5, 5.41) is 10.7. The lowest BCUT2D eigenvalue weighted by atomic mass is 9.88. The molecule has 0 saturated carbocycles. The number of nitrogen functional groups attached to an aromatic ring is 1. The Kier molecular flexibility index (Phi) is 4.75. The van der Waals surface area contributed by atoms with Crippen LogP contribution in [0.15, 0.2) is 60.7 Å². The van der Waals surface area contributed by atoms with E-state index in [0.29, 0.717) is 0 Å². The Hall–Kier alpha value is -2.80. The lowest BCUT2D eigenvalue weighted by molar-refractivity contribution is 0.608. The van der Waals surface area contributed by atoms with Crippen molar-refractivity contribution in [3.05, 3.63) is 66.2 Å². The van der Waals surface area contributed by atoms with Gasteiger partial charge in [-0.2, -0.15) is 0 Å². The molecular formula is C28H29N. The highest BCUT2D eigenvalue weighted by Gasteiger charge is 2.14. The number of aryl methyl sites for hydroxylation is 1. The number of hydrogen-bond donors (Lipinski definition) is 1. The molecule has 0 radical (unpaired) electrons. The Balaban J connectivity index is 1.65. The first-order valence-corrected chi connectivity index (χ1v) is 11.1. The molecule has 0 aliphatic rings. The highest BCUT2D eigenvalue weighted by atomic mass is 14.5. The Morgan fingerprint density at radius 1 is 0.621 bits per heavy atom. The summed E-state index contributed by atoms with van der Waals surface area (Å²) in [4.78, 5) is 0. The Labute approximate surface area is 172 Å². The maximum Gasteiger partial charge on any atom is 0.0326 e. The monoisotopic (exact) mass is 379 g/mol. The van der Waals surface area contributed by atoms with Gasteiger partial charge in [-0.15, -0.1) is 0 Å². The van der Waals surface area contributed by atoms with Crippen LogP contribution in [-0.4, -0.2) is 0 Å². The summed E-state index contributed by atoms with van der Waals surface area (Å²) in [6.07, 6.45) is 9.19. The average Bonchev–Trinajstić information content (AvgIpc) is 2.73. The van der Waals surface area contributed by atoms with E-state index in [1.807, 2.05) is 0 Å². The molecular weight excluding hydrogens is 350 g/mol. The standard InChI is InChI=1S/C28H29N/c1-2-3-4-5-6-7-10-19-15-20-11-8-13-23-24-14-9-12-21-17-22(29)18-26(28(21)24)25(16-19)27(20)23/h8-9,11-18H,2-7,10,29H2,1H3. The summed E-state index contributed by atoms with van der Waals surface area (Å²) in [5.41, 5.74) is 8.60. The van der Waals surface area contributed by atoms with E-state index in [4.69, 9.17) is 5.73 Å². The van der Waals surface area contributed by atoms with Crippen LogP contribution in [0.2, 0.25) is 0 Å². The van der Waals surface area contributed by atoms with Gasteiger partial charge < -0.3 is 5.73 Å². The van der Waals surface area contributed by atoms with Gasteiger partial charge in [0.1, 0.15) is 0 Å². The van der Waals surface area contributed by atoms with Crippen molar-refractivity contribution in [3.8, 4) is 0 Å². The van der Waals surface area contributed by atoms with E-state index >= 15 is 0 Å². The SMILES string of the molecule is CCCCCCCCc1cc2cccc3c4cccc5cc(N)cc(c(c1)c23)c54. The molecule has 0 aliphatic carbocycles. The van der Waals surface area contributed by atoms with Crippen LogP contribution >= 0.6 is 0 Å². The van der Waals surface area contributed by atoms with Crippen LogP contribution in [0.4, 0.5) is 5.69 Å². The second-order valence-corrected chi connectivity index (χ2v) is 8.54. The fourth-order valence-electron chi connectivity index (χ4n) is 5.07. The second-order valence-electron chi connectivity index (χ2n) is 8.54. The van der Waals surface area contributed by atoms with Gasteiger partial charge in [0, 0.05) is 5.69 Å². The molecule has 1 nitrogen and oxygen atoms in total. The van der Waals surface area contributed by atoms with Crippen LogP contribution in [0.3, 0.4) is 0 Å². The van der Waals surface area contributed by atoms with Gasteiger partial charge in [0.15, 0.2) is 0 Å². The van der Waals surface area contributed by atoms with Gasteiger partial charge in [0.2, 0.25) is 0 Å². The third-order valence-electron chi connectivity index (χ3n) is 6.44. The minimum atomic E-state index is 0.846. The van der Waals surface area contributed by atoms with Gasteiger partial charge in [-0.25, -0.2) is 0 Å². The number of fused-ring (bicyclic) bond motifs is 2. The fourth-order valence-corrected chi connectivity index (χ4v) is 5.07. The number of anilines is 1. The highest BCUT2D eigenvalue weighted by molar-refractivity contribution is 6.33. The zero-order valence-corrected chi connectivity index (χ0v) is 17.3. The molecule has 0 amide bonds. The van der Waals surface area contributed by atoms with Crippen molar-refractivity contribution in [3.63, 3.8) is 0 Å². The number of unbranched alkanes of at least 4 members (excludes halogenated alkanes) is 5. The first-order chi connectivity index (χ1) is 14.3. The lowest BCUT2D eigenvalue weighted by Crippen LogP contribution is -1.92. The third-order valence-corrected chi connectivity index (χ3v) is 6.44. The van der Waals surface area contributed by atoms with Gasteiger partial charge in [-0.3, -0.25) is 0 Å². The van der Waals surface area contributed by atoms with Gasteiger partial charge >= 0.3 is 0 Å². The molecule has 5 aromatic rings. The lowest BCUT2D eigenvalue weighted by Gasteiger charge is -2.16. The van der Waals surface area contributed by atoms with Crippen LogP contribution in [-0.2, 0) is 6.42 Å². The predicted octanol–water partition coefficient (Wildman–Crippen LogP) is 8.22. The molecule has 29 heavy (non-hydrogen) atoms. The van der Waals surface area contributed by atoms with Crippen molar-refractivity contribution >= 4 is 48.8 Å². The number of hydrogen-bond acceptors (Lipinski definition) is 1. The van der Waals surface area contributed by atoms with Crippen molar-refractivity contribution in [2.75, 3.05) is 5.73 Å². The summed E-state index contributed by atoms with van der Waals surface area (Å²) in [6.45, 7) is 2.28. The largest absolute Gasteiger partial charge is 0.399 e. The molecule has 1 heteroatoms. The normalized spacial score (nSPS) is 12.0. The predicted molar refractivity (Wildman–Crippen MR) is 129 cm³/mol. The van der Waals surface area contributed by atoms with Crippen molar-refractivity contribution in [1.29, 1.82) is 0 Å². The van der Waals surface area contributed by atoms with Gasteiger partial charge in [0.05, 0.1) is 0 Å². The topological polar surface area (TPSA) is 26.0 Å². The van der Waals surface area contributed by atoms with E-state index in [9.17, 15) is 0 Å². The van der Waals surface area contributed by atoms with Crippen molar-refractivity contribution in [1.82, 2.24) is 0 Å². The first kappa shape index (κ1) is 18.2. The zero-order chi connectivity index (χ0) is 19.8. The summed E-state index contributed by atoms with van der Waals surface area (Å²) < 4.78 is 0. The molecule has 2 N–H and O–H groups in total. The molecule has 0 atom stereocenters. The highest BCUT2D eigenvalue weighted by Crippen LogP contribution is 2.41. The number of nitrogens with two attached hydrogens (primary N) is 1. The maximum atomic E-state index is 6.30. The summed E-state index contributed by atoms with van der Waals surface area (Å²) in [6, 6.07) is 22.5. The van der Waals surface area contributed by atoms with E-state index in [1.54, 1.807) is 0 Å². The summed E-state index contributed by atoms with van der Waals surface area (Å²) >= 11 is 0. The van der Waals surface area contributed by atoms with Crippen LogP contribution < -0.4 is 5.73 Å². The number of rotatable bonds is 7. The summed E-state index contributed by atoms with van der Waals surface area (Å²) in [7, 11) is 0. The third kappa shape index (κ3) is 3.19. The maximum absolute atomic E-state index is 6.30. The smallest absolute Gasteiger partial charge is 0.0326 e. The van der Waals surface area contributed by atoms with E-state index in [0.717, 1.165) is 12.1 Å². The fraction of sp³-hybridized carbons (Fsp3) is 0.286. The molecule has 0 spiro atoms. The molecule has 0 aliphatic heterocycles. The quantitative estimate of drug-likeness (QED) is 0.131. The van der Waals surface area contributed by atoms with Crippen LogP contribution in [0.25, 0.3) is 43.1 Å². The molecule has 5 aromatic carbocycles. The van der Waals surface area contributed by atoms with Gasteiger partial charge in [0.25, 0.3) is 0 Å². The van der Waals surface area contributed by atoms with Crippen molar-refractivity contribution < 1.29 is 0 Å². The van der Waals surface area contributed by atoms with Crippen molar-refractivity contribution in [2.45, 2.75) is 51.9 Å². The van der Waals surface area contributed by atoms with E-state index in [-0.39, 0.29) is 0 Å². The Morgan fingerprint density at radius 2 is 1.24 bits per heavy atom. The molecule has 0 unspecified atom stereocenters. The van der Waals surface area contributed by atoms with Crippen LogP contribution in [0, 0.1) is 0 Å². The van der Waals surface area contributed by atoms with E-state index in [1.165, 1.54) is 87.2 Å². The zero-order valence-electron chi connectivity index (χ0n) is 17.3. The number of benzene rings is 5. The minimum absolute atomic E-state index is 0.846.